The highest BCUT2D eigenvalue weighted by Crippen LogP contribution is 2.37. The molecule has 0 N–H and O–H groups in total. The van der Waals surface area contributed by atoms with E-state index < -0.39 is 0 Å². The first-order chi connectivity index (χ1) is 15.3. The first kappa shape index (κ1) is 24.0. The summed E-state index contributed by atoms with van der Waals surface area (Å²) in [6.07, 6.45) is 4.27. The number of rotatable bonds is 8. The number of carbonyl (C=O) groups excluding carboxylic acids is 2. The van der Waals surface area contributed by atoms with Gasteiger partial charge in [-0.05, 0) is 49.4 Å². The number of carbonyl (C=O) groups is 2. The van der Waals surface area contributed by atoms with Crippen molar-refractivity contribution in [1.82, 2.24) is 9.47 Å². The quantitative estimate of drug-likeness (QED) is 0.525. The van der Waals surface area contributed by atoms with Crippen LogP contribution in [0.1, 0.15) is 60.0 Å². The van der Waals surface area contributed by atoms with Crippen molar-refractivity contribution in [3.63, 3.8) is 0 Å². The summed E-state index contributed by atoms with van der Waals surface area (Å²) in [7, 11) is 2.91. The topological polar surface area (TPSA) is 70.0 Å². The maximum absolute atomic E-state index is 13.1. The maximum atomic E-state index is 13.1. The first-order valence-electron chi connectivity index (χ1n) is 10.9. The van der Waals surface area contributed by atoms with Gasteiger partial charge in [0.1, 0.15) is 5.69 Å². The molecule has 0 spiro atoms. The van der Waals surface area contributed by atoms with E-state index in [1.165, 1.54) is 14.2 Å². The summed E-state index contributed by atoms with van der Waals surface area (Å²) in [6, 6.07) is 7.06. The second kappa shape index (κ2) is 10.8. The van der Waals surface area contributed by atoms with Crippen molar-refractivity contribution >= 4 is 23.5 Å². The molecule has 0 bridgehead atoms. The minimum absolute atomic E-state index is 0.0990. The maximum Gasteiger partial charge on any atom is 0.354 e. The molecule has 0 unspecified atom stereocenters. The van der Waals surface area contributed by atoms with Gasteiger partial charge in [-0.15, -0.1) is 0 Å². The molecule has 1 saturated heterocycles. The summed E-state index contributed by atoms with van der Waals surface area (Å²) in [5, 5.41) is 0.362. The van der Waals surface area contributed by atoms with Crippen LogP contribution in [0, 0.1) is 5.92 Å². The Morgan fingerprint density at radius 2 is 1.91 bits per heavy atom. The highest BCUT2D eigenvalue weighted by molar-refractivity contribution is 6.32. The van der Waals surface area contributed by atoms with E-state index in [1.807, 2.05) is 21.7 Å². The van der Waals surface area contributed by atoms with Crippen LogP contribution in [0.4, 0.5) is 0 Å². The summed E-state index contributed by atoms with van der Waals surface area (Å²) >= 11 is 6.44. The summed E-state index contributed by atoms with van der Waals surface area (Å²) < 4.78 is 18.1. The third-order valence-electron chi connectivity index (χ3n) is 5.74. The largest absolute Gasteiger partial charge is 0.493 e. The monoisotopic (exact) mass is 462 g/mol. The van der Waals surface area contributed by atoms with Gasteiger partial charge in [0.25, 0.3) is 5.91 Å². The number of hydrogen-bond donors (Lipinski definition) is 0. The lowest BCUT2D eigenvalue weighted by atomic mass is 10.0. The second-order valence-corrected chi connectivity index (χ2v) is 8.74. The zero-order valence-electron chi connectivity index (χ0n) is 19.1. The first-order valence-corrected chi connectivity index (χ1v) is 11.3. The molecular weight excluding hydrogens is 432 g/mol. The predicted molar refractivity (Wildman–Crippen MR) is 123 cm³/mol. The minimum Gasteiger partial charge on any atom is -0.493 e. The third kappa shape index (κ3) is 5.38. The van der Waals surface area contributed by atoms with E-state index in [1.54, 1.807) is 18.2 Å². The number of likely N-dealkylation sites (tertiary alicyclic amines) is 1. The number of hydrogen-bond acceptors (Lipinski definition) is 5. The number of halogens is 1. The fraction of sp³-hybridized carbons (Fsp3) is 0.500. The van der Waals surface area contributed by atoms with Crippen molar-refractivity contribution in [3.05, 3.63) is 46.7 Å². The van der Waals surface area contributed by atoms with Gasteiger partial charge < -0.3 is 23.7 Å². The third-order valence-corrected chi connectivity index (χ3v) is 6.02. The molecule has 2 aromatic rings. The van der Waals surface area contributed by atoms with Gasteiger partial charge in [-0.3, -0.25) is 4.79 Å². The van der Waals surface area contributed by atoms with Crippen molar-refractivity contribution in [1.29, 1.82) is 0 Å². The van der Waals surface area contributed by atoms with Crippen LogP contribution in [0.3, 0.4) is 0 Å². The molecule has 1 aliphatic rings. The van der Waals surface area contributed by atoms with E-state index in [-0.39, 0.29) is 17.9 Å². The van der Waals surface area contributed by atoms with Gasteiger partial charge >= 0.3 is 5.97 Å². The molecule has 1 aromatic carbocycles. The fourth-order valence-corrected chi connectivity index (χ4v) is 4.16. The Labute approximate surface area is 194 Å². The van der Waals surface area contributed by atoms with E-state index in [4.69, 9.17) is 25.8 Å². The smallest absolute Gasteiger partial charge is 0.354 e. The number of aromatic nitrogens is 1. The van der Waals surface area contributed by atoms with Gasteiger partial charge in [-0.25, -0.2) is 4.79 Å². The molecule has 0 radical (unpaired) electrons. The van der Waals surface area contributed by atoms with Crippen LogP contribution in [-0.2, 0) is 4.74 Å². The molecule has 0 aliphatic carbocycles. The van der Waals surface area contributed by atoms with Crippen LogP contribution in [0.2, 0.25) is 5.02 Å². The lowest BCUT2D eigenvalue weighted by molar-refractivity contribution is 0.0573. The number of ether oxygens (including phenoxy) is 3. The van der Waals surface area contributed by atoms with Gasteiger partial charge in [0.05, 0.1) is 25.8 Å². The van der Waals surface area contributed by atoms with Gasteiger partial charge in [-0.1, -0.05) is 25.4 Å². The van der Waals surface area contributed by atoms with Crippen LogP contribution in [0.25, 0.3) is 0 Å². The number of esters is 1. The number of benzene rings is 1. The molecule has 1 amide bonds. The Morgan fingerprint density at radius 1 is 1.19 bits per heavy atom. The summed E-state index contributed by atoms with van der Waals surface area (Å²) in [5.74, 6) is 0.977. The fourth-order valence-electron chi connectivity index (χ4n) is 3.90. The molecule has 3 rings (SSSR count). The van der Waals surface area contributed by atoms with Crippen molar-refractivity contribution < 1.29 is 23.8 Å². The van der Waals surface area contributed by atoms with E-state index in [0.29, 0.717) is 53.4 Å². The summed E-state index contributed by atoms with van der Waals surface area (Å²) in [5.41, 5.74) is 1.000. The zero-order chi connectivity index (χ0) is 23.3. The predicted octanol–water partition coefficient (Wildman–Crippen LogP) is 4.84. The number of piperidine rings is 1. The molecule has 1 aliphatic heterocycles. The number of methoxy groups -OCH3 is 2. The average molecular weight is 463 g/mol. The molecule has 8 heteroatoms. The molecule has 32 heavy (non-hydrogen) atoms. The van der Waals surface area contributed by atoms with Crippen molar-refractivity contribution in [3.8, 4) is 11.5 Å². The standard InChI is InChI=1S/C24H31ClN2O5/c1-16(2)9-13-32-22-19(25)14-17(15-21(22)30-3)23(28)26-11-7-18(8-12-26)27-10-5-6-20(27)24(29)31-4/h5-6,10,14-16,18H,7-9,11-13H2,1-4H3. The summed E-state index contributed by atoms with van der Waals surface area (Å²) in [6.45, 7) is 5.94. The molecule has 174 valence electrons. The Hall–Kier alpha value is -2.67. The van der Waals surface area contributed by atoms with Crippen LogP contribution >= 0.6 is 11.6 Å². The van der Waals surface area contributed by atoms with Crippen LogP contribution in [0.5, 0.6) is 11.5 Å². The van der Waals surface area contributed by atoms with E-state index >= 15 is 0 Å². The highest BCUT2D eigenvalue weighted by atomic mass is 35.5. The Bertz CT molecular complexity index is 948. The lowest BCUT2D eigenvalue weighted by Crippen LogP contribution is -2.39. The Morgan fingerprint density at radius 3 is 2.53 bits per heavy atom. The lowest BCUT2D eigenvalue weighted by Gasteiger charge is -2.33. The van der Waals surface area contributed by atoms with E-state index in [2.05, 4.69) is 13.8 Å². The Balaban J connectivity index is 1.68. The van der Waals surface area contributed by atoms with Crippen LogP contribution < -0.4 is 9.47 Å². The molecule has 2 heterocycles. The van der Waals surface area contributed by atoms with Crippen molar-refractivity contribution in [2.75, 3.05) is 33.9 Å². The molecule has 1 fully saturated rings. The molecular formula is C24H31ClN2O5. The van der Waals surface area contributed by atoms with Gasteiger partial charge in [0.15, 0.2) is 11.5 Å². The second-order valence-electron chi connectivity index (χ2n) is 8.34. The van der Waals surface area contributed by atoms with E-state index in [9.17, 15) is 9.59 Å². The zero-order valence-corrected chi connectivity index (χ0v) is 19.9. The highest BCUT2D eigenvalue weighted by Gasteiger charge is 2.27. The molecule has 7 nitrogen and oxygen atoms in total. The summed E-state index contributed by atoms with van der Waals surface area (Å²) in [4.78, 5) is 26.9. The van der Waals surface area contributed by atoms with Gasteiger partial charge in [0.2, 0.25) is 0 Å². The number of nitrogens with zero attached hydrogens (tertiary/aromatic N) is 2. The molecule has 0 atom stereocenters. The number of amides is 1. The SMILES string of the molecule is COC(=O)c1cccn1C1CCN(C(=O)c2cc(Cl)c(OCCC(C)C)c(OC)c2)CC1. The normalized spacial score (nSPS) is 14.5. The molecule has 1 aromatic heterocycles. The minimum atomic E-state index is -0.356. The average Bonchev–Trinajstić information content (AvgIpc) is 3.28. The van der Waals surface area contributed by atoms with Gasteiger partial charge in [0, 0.05) is 30.9 Å². The Kier molecular flexibility index (Phi) is 8.07. The van der Waals surface area contributed by atoms with Crippen LogP contribution in [-0.4, -0.2) is 55.3 Å². The van der Waals surface area contributed by atoms with Crippen molar-refractivity contribution in [2.45, 2.75) is 39.2 Å². The molecule has 0 saturated carbocycles. The van der Waals surface area contributed by atoms with E-state index in [0.717, 1.165) is 19.3 Å². The van der Waals surface area contributed by atoms with Crippen LogP contribution in [0.15, 0.2) is 30.5 Å². The van der Waals surface area contributed by atoms with Gasteiger partial charge in [-0.2, -0.15) is 0 Å². The van der Waals surface area contributed by atoms with Crippen molar-refractivity contribution in [2.24, 2.45) is 5.92 Å².